The van der Waals surface area contributed by atoms with Gasteiger partial charge in [-0.3, -0.25) is 0 Å². The third kappa shape index (κ3) is 6.66. The topological polar surface area (TPSA) is 0 Å². The van der Waals surface area contributed by atoms with Crippen LogP contribution in [-0.4, -0.2) is 0 Å². The summed E-state index contributed by atoms with van der Waals surface area (Å²) in [5.74, 6) is 0. The Kier molecular flexibility index (Phi) is 15.7. The van der Waals surface area contributed by atoms with Crippen LogP contribution >= 0.6 is 0 Å². The molecule has 0 spiro atoms. The quantitative estimate of drug-likeness (QED) is 0.467. The Hall–Kier alpha value is -0.780. The molecule has 0 aromatic rings. The van der Waals surface area contributed by atoms with E-state index in [1.165, 1.54) is 19.3 Å². The van der Waals surface area contributed by atoms with Crippen molar-refractivity contribution in [2.75, 3.05) is 0 Å². The van der Waals surface area contributed by atoms with Gasteiger partial charge in [-0.1, -0.05) is 65.8 Å². The van der Waals surface area contributed by atoms with Crippen LogP contribution in [0, 0.1) is 0 Å². The van der Waals surface area contributed by atoms with E-state index in [4.69, 9.17) is 0 Å². The van der Waals surface area contributed by atoms with Gasteiger partial charge in [0.05, 0.1) is 0 Å². The van der Waals surface area contributed by atoms with Crippen LogP contribution in [0.15, 0.2) is 35.5 Å². The van der Waals surface area contributed by atoms with E-state index in [0.717, 1.165) is 6.42 Å². The molecule has 0 aromatic carbocycles. The molecule has 1 saturated carbocycles. The van der Waals surface area contributed by atoms with Gasteiger partial charge in [0.2, 0.25) is 0 Å². The van der Waals surface area contributed by atoms with Crippen LogP contribution in [0.1, 0.15) is 67.2 Å². The van der Waals surface area contributed by atoms with Gasteiger partial charge in [0, 0.05) is 0 Å². The van der Waals surface area contributed by atoms with Crippen molar-refractivity contribution in [3.05, 3.63) is 35.5 Å². The Balaban J connectivity index is 0. The summed E-state index contributed by atoms with van der Waals surface area (Å²) in [7, 11) is 0. The second-order valence-corrected chi connectivity index (χ2v) is 2.94. The van der Waals surface area contributed by atoms with E-state index < -0.39 is 0 Å². The zero-order chi connectivity index (χ0) is 12.8. The molecule has 0 unspecified atom stereocenters. The third-order valence-electron chi connectivity index (χ3n) is 2.24. The average Bonchev–Trinajstić information content (AvgIpc) is 2.73. The van der Waals surface area contributed by atoms with Crippen LogP contribution in [0.25, 0.3) is 0 Å². The molecule has 0 N–H and O–H groups in total. The number of rotatable bonds is 0. The van der Waals surface area contributed by atoms with Crippen LogP contribution in [0.3, 0.4) is 0 Å². The molecule has 0 atom stereocenters. The first-order valence-electron chi connectivity index (χ1n) is 7.02. The maximum absolute atomic E-state index is 2.36. The van der Waals surface area contributed by atoms with Crippen molar-refractivity contribution in [2.45, 2.75) is 67.2 Å². The number of fused-ring (bicyclic) bond motifs is 1. The van der Waals surface area contributed by atoms with Crippen LogP contribution in [0.4, 0.5) is 0 Å². The Bertz CT molecular complexity index is 216. The summed E-state index contributed by atoms with van der Waals surface area (Å²) in [6.45, 7) is 12.0. The number of hydrogen-bond donors (Lipinski definition) is 0. The predicted octanol–water partition coefficient (Wildman–Crippen LogP) is 6.06. The Morgan fingerprint density at radius 2 is 1.38 bits per heavy atom. The Labute approximate surface area is 103 Å². The zero-order valence-electron chi connectivity index (χ0n) is 12.1. The maximum Gasteiger partial charge on any atom is -0.0160 e. The van der Waals surface area contributed by atoms with Crippen LogP contribution in [-0.2, 0) is 0 Å². The molecule has 0 aromatic heterocycles. The van der Waals surface area contributed by atoms with Crippen LogP contribution < -0.4 is 0 Å². The molecule has 0 radical (unpaired) electrons. The van der Waals surface area contributed by atoms with Crippen molar-refractivity contribution >= 4 is 0 Å². The largest absolute Gasteiger partial charge is 0.0807 e. The summed E-state index contributed by atoms with van der Waals surface area (Å²) in [6.07, 6.45) is 14.2. The molecular weight excluding hydrogens is 192 g/mol. The summed E-state index contributed by atoms with van der Waals surface area (Å²) < 4.78 is 0. The molecule has 2 aliphatic rings. The molecule has 2 aliphatic carbocycles. The van der Waals surface area contributed by atoms with Crippen molar-refractivity contribution in [3.63, 3.8) is 0 Å². The predicted molar refractivity (Wildman–Crippen MR) is 77.8 cm³/mol. The molecule has 0 nitrogen and oxygen atoms in total. The molecule has 0 amide bonds. The standard InChI is InChI=1S/C10H12.3C2H6/c1-2-5-9-7-4-8-10(9)6-3-1;3*1-2/h1-2,5-6H,3-4,7-8H2;3*1-2H3. The van der Waals surface area contributed by atoms with E-state index in [1.807, 2.05) is 41.5 Å². The zero-order valence-corrected chi connectivity index (χ0v) is 12.1. The normalized spacial score (nSPS) is 15.6. The number of allylic oxidation sites excluding steroid dienone is 6. The Morgan fingerprint density at radius 1 is 0.812 bits per heavy atom. The fraction of sp³-hybridized carbons (Fsp3) is 0.625. The van der Waals surface area contributed by atoms with Crippen molar-refractivity contribution in [3.8, 4) is 0 Å². The van der Waals surface area contributed by atoms with Gasteiger partial charge in [-0.25, -0.2) is 0 Å². The van der Waals surface area contributed by atoms with Gasteiger partial charge < -0.3 is 0 Å². The monoisotopic (exact) mass is 222 g/mol. The minimum absolute atomic E-state index is 1.13. The first-order valence-corrected chi connectivity index (χ1v) is 7.02. The lowest BCUT2D eigenvalue weighted by molar-refractivity contribution is 0.930. The van der Waals surface area contributed by atoms with Crippen molar-refractivity contribution in [1.82, 2.24) is 0 Å². The van der Waals surface area contributed by atoms with E-state index >= 15 is 0 Å². The lowest BCUT2D eigenvalue weighted by Crippen LogP contribution is -1.74. The van der Waals surface area contributed by atoms with Crippen molar-refractivity contribution in [1.29, 1.82) is 0 Å². The van der Waals surface area contributed by atoms with Gasteiger partial charge in [-0.15, -0.1) is 0 Å². The van der Waals surface area contributed by atoms with Crippen LogP contribution in [0.5, 0.6) is 0 Å². The van der Waals surface area contributed by atoms with Gasteiger partial charge in [-0.2, -0.15) is 0 Å². The van der Waals surface area contributed by atoms with Crippen molar-refractivity contribution in [2.24, 2.45) is 0 Å². The summed E-state index contributed by atoms with van der Waals surface area (Å²) in [5, 5.41) is 0. The highest BCUT2D eigenvalue weighted by molar-refractivity contribution is 5.39. The minimum Gasteiger partial charge on any atom is -0.0807 e. The molecule has 1 fully saturated rings. The van der Waals surface area contributed by atoms with Crippen LogP contribution in [0.2, 0.25) is 0 Å². The number of hydrogen-bond acceptors (Lipinski definition) is 0. The second kappa shape index (κ2) is 14.2. The summed E-state index contributed by atoms with van der Waals surface area (Å²) in [4.78, 5) is 0. The summed E-state index contributed by atoms with van der Waals surface area (Å²) in [6, 6.07) is 0. The minimum atomic E-state index is 1.13. The molecule has 0 heterocycles. The van der Waals surface area contributed by atoms with Gasteiger partial charge in [0.1, 0.15) is 0 Å². The van der Waals surface area contributed by atoms with E-state index in [2.05, 4.69) is 24.3 Å². The summed E-state index contributed by atoms with van der Waals surface area (Å²) in [5.41, 5.74) is 3.18. The molecule has 16 heavy (non-hydrogen) atoms. The third-order valence-corrected chi connectivity index (χ3v) is 2.24. The first kappa shape index (κ1) is 17.6. The lowest BCUT2D eigenvalue weighted by Gasteiger charge is -1.94. The van der Waals surface area contributed by atoms with E-state index in [1.54, 1.807) is 11.1 Å². The second-order valence-electron chi connectivity index (χ2n) is 2.94. The smallest absolute Gasteiger partial charge is 0.0160 e. The highest BCUT2D eigenvalue weighted by Crippen LogP contribution is 2.31. The lowest BCUT2D eigenvalue weighted by atomic mass is 10.1. The van der Waals surface area contributed by atoms with Gasteiger partial charge in [-0.05, 0) is 36.8 Å². The molecule has 0 heteroatoms. The Morgan fingerprint density at radius 3 is 2.00 bits per heavy atom. The maximum atomic E-state index is 2.36. The molecule has 94 valence electrons. The molecule has 0 aliphatic heterocycles. The molecule has 0 bridgehead atoms. The summed E-state index contributed by atoms with van der Waals surface area (Å²) >= 11 is 0. The first-order chi connectivity index (χ1) is 7.97. The van der Waals surface area contributed by atoms with E-state index in [0.29, 0.717) is 0 Å². The van der Waals surface area contributed by atoms with Gasteiger partial charge >= 0.3 is 0 Å². The van der Waals surface area contributed by atoms with Gasteiger partial charge in [0.25, 0.3) is 0 Å². The van der Waals surface area contributed by atoms with E-state index in [9.17, 15) is 0 Å². The van der Waals surface area contributed by atoms with Crippen molar-refractivity contribution < 1.29 is 0 Å². The highest BCUT2D eigenvalue weighted by Gasteiger charge is 2.12. The highest BCUT2D eigenvalue weighted by atomic mass is 14.2. The molecule has 2 rings (SSSR count). The van der Waals surface area contributed by atoms with E-state index in [-0.39, 0.29) is 0 Å². The average molecular weight is 222 g/mol. The van der Waals surface area contributed by atoms with Gasteiger partial charge in [0.15, 0.2) is 0 Å². The molecular formula is C16H30. The SMILES string of the molecule is C1=CCC=C2CCCC2=C1.CC.CC.CC. The fourth-order valence-electron chi connectivity index (χ4n) is 1.69. The fourth-order valence-corrected chi connectivity index (χ4v) is 1.69. The molecule has 0 saturated heterocycles.